The molecule has 0 bridgehead atoms. The summed E-state index contributed by atoms with van der Waals surface area (Å²) in [6.45, 7) is 7.18. The molecule has 1 saturated heterocycles. The molecule has 1 nitrogen and oxygen atoms in total. The largest absolute Gasteiger partial charge is 0.317 e. The van der Waals surface area contributed by atoms with Gasteiger partial charge in [-0.15, -0.1) is 0 Å². The molecule has 2 fully saturated rings. The van der Waals surface area contributed by atoms with Crippen LogP contribution < -0.4 is 5.32 Å². The minimum atomic E-state index is 0.674. The third-order valence-corrected chi connectivity index (χ3v) is 5.25. The van der Waals surface area contributed by atoms with Crippen molar-refractivity contribution in [2.45, 2.75) is 39.5 Å². The lowest BCUT2D eigenvalue weighted by Gasteiger charge is -2.23. The molecular formula is C20H29N. The van der Waals surface area contributed by atoms with Gasteiger partial charge in [-0.3, -0.25) is 0 Å². The van der Waals surface area contributed by atoms with Crippen molar-refractivity contribution < 1.29 is 0 Å². The highest BCUT2D eigenvalue weighted by molar-refractivity contribution is 5.54. The van der Waals surface area contributed by atoms with Gasteiger partial charge in [0.05, 0.1) is 0 Å². The topological polar surface area (TPSA) is 12.0 Å². The zero-order chi connectivity index (χ0) is 14.7. The second-order valence-corrected chi connectivity index (χ2v) is 7.24. The van der Waals surface area contributed by atoms with Crippen LogP contribution in [-0.2, 0) is 0 Å². The van der Waals surface area contributed by atoms with Crippen molar-refractivity contribution >= 4 is 6.08 Å². The zero-order valence-corrected chi connectivity index (χ0v) is 13.5. The van der Waals surface area contributed by atoms with Crippen molar-refractivity contribution in [2.24, 2.45) is 23.7 Å². The fraction of sp³-hybridized carbons (Fsp3) is 0.600. The standard InChI is InChI=1S/C20H29N/c1-15(2)19(13-16-6-4-3-5-7-16)20-14-18(20)12-17-8-10-21-11-9-17/h3-7,13,15,17-18,20-21H,8-12,14H2,1-2H3/b19-13+/t18-,20-/m1/s1. The fourth-order valence-corrected chi connectivity index (χ4v) is 3.91. The molecule has 0 unspecified atom stereocenters. The molecule has 21 heavy (non-hydrogen) atoms. The monoisotopic (exact) mass is 283 g/mol. The molecule has 1 heterocycles. The Kier molecular flexibility index (Phi) is 4.80. The lowest BCUT2D eigenvalue weighted by Crippen LogP contribution is -2.28. The van der Waals surface area contributed by atoms with E-state index in [4.69, 9.17) is 0 Å². The van der Waals surface area contributed by atoms with Crippen LogP contribution in [0, 0.1) is 23.7 Å². The number of rotatable bonds is 5. The third kappa shape index (κ3) is 3.97. The zero-order valence-electron chi connectivity index (χ0n) is 13.5. The Morgan fingerprint density at radius 2 is 1.90 bits per heavy atom. The van der Waals surface area contributed by atoms with E-state index in [0.717, 1.165) is 17.8 Å². The second kappa shape index (κ2) is 6.79. The number of benzene rings is 1. The Morgan fingerprint density at radius 3 is 2.57 bits per heavy atom. The van der Waals surface area contributed by atoms with Crippen LogP contribution in [0.2, 0.25) is 0 Å². The Labute approximate surface area is 129 Å². The summed E-state index contributed by atoms with van der Waals surface area (Å²) >= 11 is 0. The van der Waals surface area contributed by atoms with Crippen molar-refractivity contribution in [1.29, 1.82) is 0 Å². The summed E-state index contributed by atoms with van der Waals surface area (Å²) in [5.41, 5.74) is 3.05. The Hall–Kier alpha value is -1.08. The summed E-state index contributed by atoms with van der Waals surface area (Å²) in [7, 11) is 0. The van der Waals surface area contributed by atoms with Crippen molar-refractivity contribution in [2.75, 3.05) is 13.1 Å². The van der Waals surface area contributed by atoms with E-state index in [1.807, 2.05) is 0 Å². The highest BCUT2D eigenvalue weighted by atomic mass is 14.9. The molecule has 1 aliphatic heterocycles. The smallest absolute Gasteiger partial charge is 0.00463 e. The van der Waals surface area contributed by atoms with E-state index in [0.29, 0.717) is 5.92 Å². The highest BCUT2D eigenvalue weighted by Crippen LogP contribution is 2.51. The normalized spacial score (nSPS) is 27.1. The van der Waals surface area contributed by atoms with Gasteiger partial charge in [-0.05, 0) is 68.0 Å². The Bertz CT molecular complexity index is 468. The van der Waals surface area contributed by atoms with E-state index in [1.165, 1.54) is 44.3 Å². The predicted molar refractivity (Wildman–Crippen MR) is 91.1 cm³/mol. The van der Waals surface area contributed by atoms with Gasteiger partial charge >= 0.3 is 0 Å². The molecule has 0 aromatic heterocycles. The molecule has 0 amide bonds. The number of allylic oxidation sites excluding steroid dienone is 1. The molecule has 1 heteroatoms. The molecule has 1 saturated carbocycles. The van der Waals surface area contributed by atoms with Crippen LogP contribution in [0.25, 0.3) is 6.08 Å². The summed E-state index contributed by atoms with van der Waals surface area (Å²) < 4.78 is 0. The second-order valence-electron chi connectivity index (χ2n) is 7.24. The first-order valence-electron chi connectivity index (χ1n) is 8.71. The molecule has 1 aliphatic carbocycles. The average molecular weight is 283 g/mol. The van der Waals surface area contributed by atoms with Gasteiger partial charge in [-0.1, -0.05) is 55.8 Å². The molecule has 1 N–H and O–H groups in total. The maximum Gasteiger partial charge on any atom is -0.00463 e. The SMILES string of the molecule is CC(C)/C(=C\c1ccccc1)[C@@H]1C[C@H]1CC1CCNCC1. The van der Waals surface area contributed by atoms with Gasteiger partial charge in [0.1, 0.15) is 0 Å². The first-order valence-corrected chi connectivity index (χ1v) is 8.71. The van der Waals surface area contributed by atoms with E-state index in [2.05, 4.69) is 55.6 Å². The summed E-state index contributed by atoms with van der Waals surface area (Å²) in [5.74, 6) is 3.48. The average Bonchev–Trinajstić information content (AvgIpc) is 3.25. The van der Waals surface area contributed by atoms with E-state index < -0.39 is 0 Å². The van der Waals surface area contributed by atoms with Crippen molar-refractivity contribution in [3.63, 3.8) is 0 Å². The summed E-state index contributed by atoms with van der Waals surface area (Å²) in [6, 6.07) is 10.8. The molecular weight excluding hydrogens is 254 g/mol. The summed E-state index contributed by atoms with van der Waals surface area (Å²) in [5, 5.41) is 3.48. The van der Waals surface area contributed by atoms with Gasteiger partial charge in [0.2, 0.25) is 0 Å². The molecule has 3 rings (SSSR count). The third-order valence-electron chi connectivity index (χ3n) is 5.25. The van der Waals surface area contributed by atoms with E-state index in [-0.39, 0.29) is 0 Å². The summed E-state index contributed by atoms with van der Waals surface area (Å²) in [4.78, 5) is 0. The highest BCUT2D eigenvalue weighted by Gasteiger charge is 2.41. The van der Waals surface area contributed by atoms with Crippen LogP contribution in [0.5, 0.6) is 0 Å². The van der Waals surface area contributed by atoms with Gasteiger partial charge in [-0.25, -0.2) is 0 Å². The van der Waals surface area contributed by atoms with E-state index in [1.54, 1.807) is 5.57 Å². The van der Waals surface area contributed by atoms with Gasteiger partial charge in [-0.2, -0.15) is 0 Å². The van der Waals surface area contributed by atoms with Crippen LogP contribution in [0.4, 0.5) is 0 Å². The van der Waals surface area contributed by atoms with Crippen LogP contribution in [0.3, 0.4) is 0 Å². The van der Waals surface area contributed by atoms with Crippen molar-refractivity contribution in [3.05, 3.63) is 41.5 Å². The molecule has 2 atom stereocenters. The number of hydrogen-bond donors (Lipinski definition) is 1. The minimum absolute atomic E-state index is 0.674. The maximum atomic E-state index is 3.48. The number of piperidine rings is 1. The molecule has 0 spiro atoms. The summed E-state index contributed by atoms with van der Waals surface area (Å²) in [6.07, 6.45) is 8.13. The van der Waals surface area contributed by atoms with Gasteiger partial charge in [0.25, 0.3) is 0 Å². The van der Waals surface area contributed by atoms with Crippen LogP contribution in [-0.4, -0.2) is 13.1 Å². The fourth-order valence-electron chi connectivity index (χ4n) is 3.91. The van der Waals surface area contributed by atoms with Crippen LogP contribution in [0.15, 0.2) is 35.9 Å². The van der Waals surface area contributed by atoms with Crippen LogP contribution >= 0.6 is 0 Å². The molecule has 2 aliphatic rings. The molecule has 1 aromatic rings. The molecule has 0 radical (unpaired) electrons. The molecule has 1 aromatic carbocycles. The lowest BCUT2D eigenvalue weighted by molar-refractivity contribution is 0.335. The molecule has 114 valence electrons. The van der Waals surface area contributed by atoms with Gasteiger partial charge < -0.3 is 5.32 Å². The maximum absolute atomic E-state index is 3.48. The number of nitrogens with one attached hydrogen (secondary N) is 1. The predicted octanol–water partition coefficient (Wildman–Crippen LogP) is 4.75. The van der Waals surface area contributed by atoms with Crippen LogP contribution in [0.1, 0.15) is 45.1 Å². The lowest BCUT2D eigenvalue weighted by atomic mass is 9.89. The van der Waals surface area contributed by atoms with E-state index in [9.17, 15) is 0 Å². The first-order chi connectivity index (χ1) is 10.2. The van der Waals surface area contributed by atoms with Gasteiger partial charge in [0.15, 0.2) is 0 Å². The minimum Gasteiger partial charge on any atom is -0.317 e. The Balaban J connectivity index is 1.62. The van der Waals surface area contributed by atoms with E-state index >= 15 is 0 Å². The van der Waals surface area contributed by atoms with Crippen molar-refractivity contribution in [3.8, 4) is 0 Å². The first kappa shape index (κ1) is 14.8. The van der Waals surface area contributed by atoms with Crippen molar-refractivity contribution in [1.82, 2.24) is 5.32 Å². The quantitative estimate of drug-likeness (QED) is 0.822. The van der Waals surface area contributed by atoms with Gasteiger partial charge in [0, 0.05) is 0 Å². The number of hydrogen-bond acceptors (Lipinski definition) is 1. The Morgan fingerprint density at radius 1 is 1.19 bits per heavy atom.